The van der Waals surface area contributed by atoms with Crippen molar-refractivity contribution in [2.75, 3.05) is 6.61 Å². The van der Waals surface area contributed by atoms with Crippen molar-refractivity contribution >= 4 is 12.4 Å². The smallest absolute Gasteiger partial charge is 0.0953 e. The Hall–Kier alpha value is 0.130. The third-order valence-corrected chi connectivity index (χ3v) is 2.08. The van der Waals surface area contributed by atoms with E-state index in [4.69, 9.17) is 21.1 Å². The van der Waals surface area contributed by atoms with Crippen LogP contribution in [0.3, 0.4) is 0 Å². The summed E-state index contributed by atoms with van der Waals surface area (Å²) in [5, 5.41) is 26.9. The molecule has 0 aromatic rings. The normalized spacial score (nSPS) is 43.6. The maximum absolute atomic E-state index is 9.14. The van der Waals surface area contributed by atoms with Gasteiger partial charge in [0.05, 0.1) is 12.2 Å². The molecule has 68 valence electrons. The first kappa shape index (κ1) is 11.1. The largest absolute Gasteiger partial charge is 0.396 e. The maximum Gasteiger partial charge on any atom is 0.0953 e. The van der Waals surface area contributed by atoms with Crippen LogP contribution in [0.5, 0.6) is 0 Å². The molecule has 5 N–H and O–H groups in total. The van der Waals surface area contributed by atoms with Crippen molar-refractivity contribution in [3.63, 3.8) is 0 Å². The lowest BCUT2D eigenvalue weighted by Crippen LogP contribution is -2.35. The first-order chi connectivity index (χ1) is 4.66. The lowest BCUT2D eigenvalue weighted by Gasteiger charge is -2.13. The summed E-state index contributed by atoms with van der Waals surface area (Å²) in [6, 6.07) is -0.382. The fourth-order valence-electron chi connectivity index (χ4n) is 1.34. The summed E-state index contributed by atoms with van der Waals surface area (Å²) >= 11 is 0. The summed E-state index contributed by atoms with van der Waals surface area (Å²) < 4.78 is 0. The molecule has 0 amide bonds. The Kier molecular flexibility index (Phi) is 4.28. The molecule has 0 saturated heterocycles. The van der Waals surface area contributed by atoms with Crippen LogP contribution < -0.4 is 5.73 Å². The zero-order chi connectivity index (χ0) is 7.72. The van der Waals surface area contributed by atoms with Crippen molar-refractivity contribution in [2.24, 2.45) is 11.7 Å². The molecule has 0 heterocycles. The van der Waals surface area contributed by atoms with Crippen LogP contribution in [0.1, 0.15) is 6.42 Å². The number of hydrogen-bond donors (Lipinski definition) is 4. The van der Waals surface area contributed by atoms with E-state index in [0.29, 0.717) is 6.42 Å². The molecule has 0 bridgehead atoms. The number of aliphatic hydroxyl groups is 3. The second-order valence-corrected chi connectivity index (χ2v) is 2.82. The van der Waals surface area contributed by atoms with Crippen LogP contribution in [0.15, 0.2) is 0 Å². The Balaban J connectivity index is 0.000001000. The zero-order valence-electron chi connectivity index (χ0n) is 6.05. The van der Waals surface area contributed by atoms with Gasteiger partial charge in [0.25, 0.3) is 0 Å². The van der Waals surface area contributed by atoms with E-state index < -0.39 is 12.2 Å². The molecule has 5 heteroatoms. The van der Waals surface area contributed by atoms with Gasteiger partial charge in [0.1, 0.15) is 0 Å². The first-order valence-electron chi connectivity index (χ1n) is 3.39. The lowest BCUT2D eigenvalue weighted by molar-refractivity contribution is 0.00300. The van der Waals surface area contributed by atoms with Gasteiger partial charge in [-0.2, -0.15) is 0 Å². The van der Waals surface area contributed by atoms with Crippen LogP contribution in [-0.2, 0) is 0 Å². The van der Waals surface area contributed by atoms with Crippen LogP contribution in [0.2, 0.25) is 0 Å². The number of hydrogen-bond acceptors (Lipinski definition) is 4. The van der Waals surface area contributed by atoms with Crippen LogP contribution in [0, 0.1) is 5.92 Å². The van der Waals surface area contributed by atoms with Crippen molar-refractivity contribution in [3.05, 3.63) is 0 Å². The quantitative estimate of drug-likeness (QED) is 0.397. The number of halogens is 1. The van der Waals surface area contributed by atoms with E-state index in [1.807, 2.05) is 0 Å². The molecule has 4 atom stereocenters. The van der Waals surface area contributed by atoms with Crippen LogP contribution in [0.25, 0.3) is 0 Å². The van der Waals surface area contributed by atoms with Crippen molar-refractivity contribution < 1.29 is 15.3 Å². The second-order valence-electron chi connectivity index (χ2n) is 2.82. The zero-order valence-corrected chi connectivity index (χ0v) is 6.87. The predicted octanol–water partition coefficient (Wildman–Crippen LogP) is -1.53. The van der Waals surface area contributed by atoms with Gasteiger partial charge in [-0.05, 0) is 6.42 Å². The van der Waals surface area contributed by atoms with Gasteiger partial charge in [-0.1, -0.05) is 0 Å². The highest BCUT2D eigenvalue weighted by atomic mass is 35.5. The molecule has 0 aliphatic heterocycles. The Bertz CT molecular complexity index is 124. The molecule has 4 nitrogen and oxygen atoms in total. The summed E-state index contributed by atoms with van der Waals surface area (Å²) in [6.45, 7) is -0.105. The topological polar surface area (TPSA) is 86.7 Å². The van der Waals surface area contributed by atoms with Gasteiger partial charge in [0.15, 0.2) is 0 Å². The average molecular weight is 184 g/mol. The van der Waals surface area contributed by atoms with Crippen molar-refractivity contribution in [1.82, 2.24) is 0 Å². The molecule has 1 aliphatic carbocycles. The van der Waals surface area contributed by atoms with Gasteiger partial charge >= 0.3 is 0 Å². The van der Waals surface area contributed by atoms with Gasteiger partial charge in [-0.3, -0.25) is 0 Å². The standard InChI is InChI=1S/C6H13NO3.ClH/c7-4-1-3(2-8)5(9)6(4)10;/h3-6,8-10H,1-2,7H2;1H/t3-,4+,5+,6-;/m1./s1. The second kappa shape index (κ2) is 4.23. The number of rotatable bonds is 1. The Morgan fingerprint density at radius 1 is 1.27 bits per heavy atom. The van der Waals surface area contributed by atoms with E-state index in [1.165, 1.54) is 0 Å². The minimum atomic E-state index is -0.864. The van der Waals surface area contributed by atoms with Crippen molar-refractivity contribution in [2.45, 2.75) is 24.7 Å². The molecule has 1 saturated carbocycles. The van der Waals surface area contributed by atoms with E-state index in [0.717, 1.165) is 0 Å². The van der Waals surface area contributed by atoms with Gasteiger partial charge in [-0.25, -0.2) is 0 Å². The Morgan fingerprint density at radius 2 is 1.82 bits per heavy atom. The highest BCUT2D eigenvalue weighted by Crippen LogP contribution is 2.24. The van der Waals surface area contributed by atoms with Crippen LogP contribution >= 0.6 is 12.4 Å². The molecule has 0 aromatic carbocycles. The number of nitrogens with two attached hydrogens (primary N) is 1. The predicted molar refractivity (Wildman–Crippen MR) is 42.4 cm³/mol. The molecule has 1 fully saturated rings. The van der Waals surface area contributed by atoms with Crippen molar-refractivity contribution in [1.29, 1.82) is 0 Å². The van der Waals surface area contributed by atoms with Gasteiger partial charge < -0.3 is 21.1 Å². The molecule has 11 heavy (non-hydrogen) atoms. The van der Waals surface area contributed by atoms with Crippen molar-refractivity contribution in [3.8, 4) is 0 Å². The fraction of sp³-hybridized carbons (Fsp3) is 1.00. The van der Waals surface area contributed by atoms with E-state index in [-0.39, 0.29) is 31.0 Å². The third-order valence-electron chi connectivity index (χ3n) is 2.08. The van der Waals surface area contributed by atoms with Gasteiger partial charge in [-0.15, -0.1) is 12.4 Å². The monoisotopic (exact) mass is 183 g/mol. The molecule has 0 radical (unpaired) electrons. The van der Waals surface area contributed by atoms with Gasteiger partial charge in [0.2, 0.25) is 0 Å². The summed E-state index contributed by atoms with van der Waals surface area (Å²) in [7, 11) is 0. The number of aliphatic hydroxyl groups excluding tert-OH is 3. The molecule has 0 aromatic heterocycles. The lowest BCUT2D eigenvalue weighted by atomic mass is 10.1. The summed E-state index contributed by atoms with van der Waals surface area (Å²) in [4.78, 5) is 0. The minimum absolute atomic E-state index is 0. The third kappa shape index (κ3) is 2.04. The summed E-state index contributed by atoms with van der Waals surface area (Å²) in [6.07, 6.45) is -1.21. The van der Waals surface area contributed by atoms with E-state index in [1.54, 1.807) is 0 Å². The minimum Gasteiger partial charge on any atom is -0.396 e. The molecular weight excluding hydrogens is 170 g/mol. The first-order valence-corrected chi connectivity index (χ1v) is 3.39. The maximum atomic E-state index is 9.14. The average Bonchev–Trinajstić information content (AvgIpc) is 2.17. The fourth-order valence-corrected chi connectivity index (χ4v) is 1.34. The van der Waals surface area contributed by atoms with E-state index in [2.05, 4.69) is 0 Å². The van der Waals surface area contributed by atoms with Crippen LogP contribution in [0.4, 0.5) is 0 Å². The highest BCUT2D eigenvalue weighted by molar-refractivity contribution is 5.85. The summed E-state index contributed by atoms with van der Waals surface area (Å²) in [5.74, 6) is -0.245. The Morgan fingerprint density at radius 3 is 2.00 bits per heavy atom. The molecule has 1 aliphatic rings. The van der Waals surface area contributed by atoms with Gasteiger partial charge in [0, 0.05) is 18.6 Å². The van der Waals surface area contributed by atoms with Crippen LogP contribution in [-0.4, -0.2) is 40.2 Å². The Labute approximate surface area is 71.4 Å². The molecule has 0 unspecified atom stereocenters. The highest BCUT2D eigenvalue weighted by Gasteiger charge is 2.38. The van der Waals surface area contributed by atoms with E-state index >= 15 is 0 Å². The molecular formula is C6H14ClNO3. The van der Waals surface area contributed by atoms with E-state index in [9.17, 15) is 0 Å². The SMILES string of the molecule is Cl.N[C@H]1C[C@H](CO)[C@H](O)[C@@H]1O. The molecule has 1 rings (SSSR count). The summed E-state index contributed by atoms with van der Waals surface area (Å²) in [5.41, 5.74) is 5.41. The molecule has 0 spiro atoms.